The molecule has 6 heteroatoms. The van der Waals surface area contributed by atoms with Crippen LogP contribution >= 0.6 is 0 Å². The van der Waals surface area contributed by atoms with Crippen molar-refractivity contribution in [2.24, 2.45) is 0 Å². The number of para-hydroxylation sites is 1. The molecule has 25 heavy (non-hydrogen) atoms. The lowest BCUT2D eigenvalue weighted by Gasteiger charge is -2.34. The largest absolute Gasteiger partial charge is 0.415 e. The second-order valence-electron chi connectivity index (χ2n) is 6.33. The average Bonchev–Trinajstić information content (AvgIpc) is 2.63. The summed E-state index contributed by atoms with van der Waals surface area (Å²) in [5, 5.41) is 0. The summed E-state index contributed by atoms with van der Waals surface area (Å²) < 4.78 is 5.37. The Kier molecular flexibility index (Phi) is 7.73. The minimum absolute atomic E-state index is 0.184. The zero-order chi connectivity index (χ0) is 18.1. The van der Waals surface area contributed by atoms with Crippen LogP contribution in [0.15, 0.2) is 30.3 Å². The number of amides is 2. The van der Waals surface area contributed by atoms with Gasteiger partial charge in [0.05, 0.1) is 6.54 Å². The number of carbonyl (C=O) groups is 2. The minimum atomic E-state index is -0.323. The highest BCUT2D eigenvalue weighted by Crippen LogP contribution is 2.12. The lowest BCUT2D eigenvalue weighted by atomic mass is 10.3. The Morgan fingerprint density at radius 3 is 2.16 bits per heavy atom. The maximum atomic E-state index is 12.4. The van der Waals surface area contributed by atoms with E-state index in [-0.39, 0.29) is 12.0 Å². The Balaban J connectivity index is 1.77. The molecule has 0 aliphatic carbocycles. The summed E-state index contributed by atoms with van der Waals surface area (Å²) in [6.45, 7) is 8.80. The number of rotatable bonds is 7. The summed E-state index contributed by atoms with van der Waals surface area (Å²) in [5.74, 6) is 0.740. The SMILES string of the molecule is CCCN(CCC)C(=O)CN1CCN(C(=O)Oc2ccccc2)CC1. The van der Waals surface area contributed by atoms with Crippen molar-refractivity contribution >= 4 is 12.0 Å². The molecule has 1 heterocycles. The van der Waals surface area contributed by atoms with Gasteiger partial charge < -0.3 is 14.5 Å². The molecule has 0 spiro atoms. The second kappa shape index (κ2) is 10.0. The molecule has 1 aliphatic rings. The predicted molar refractivity (Wildman–Crippen MR) is 97.6 cm³/mol. The van der Waals surface area contributed by atoms with Crippen LogP contribution < -0.4 is 4.74 Å². The van der Waals surface area contributed by atoms with Crippen molar-refractivity contribution in [3.8, 4) is 5.75 Å². The summed E-state index contributed by atoms with van der Waals surface area (Å²) >= 11 is 0. The Morgan fingerprint density at radius 1 is 1.00 bits per heavy atom. The fraction of sp³-hybridized carbons (Fsp3) is 0.579. The molecule has 0 radical (unpaired) electrons. The smallest absolute Gasteiger partial charge is 0.410 e. The molecule has 0 aromatic heterocycles. The van der Waals surface area contributed by atoms with Crippen LogP contribution in [0.4, 0.5) is 4.79 Å². The van der Waals surface area contributed by atoms with Crippen molar-refractivity contribution in [3.63, 3.8) is 0 Å². The third-order valence-electron chi connectivity index (χ3n) is 4.28. The lowest BCUT2D eigenvalue weighted by molar-refractivity contribution is -0.132. The number of ether oxygens (including phenoxy) is 1. The molecule has 0 N–H and O–H groups in total. The molecule has 1 fully saturated rings. The fourth-order valence-corrected chi connectivity index (χ4v) is 2.93. The molecule has 1 aromatic carbocycles. The molecule has 0 saturated carbocycles. The first-order chi connectivity index (χ1) is 12.1. The molecule has 1 aromatic rings. The molecule has 138 valence electrons. The van der Waals surface area contributed by atoms with E-state index < -0.39 is 0 Å². The number of benzene rings is 1. The quantitative estimate of drug-likeness (QED) is 0.760. The van der Waals surface area contributed by atoms with Gasteiger partial charge in [-0.3, -0.25) is 9.69 Å². The zero-order valence-electron chi connectivity index (χ0n) is 15.3. The van der Waals surface area contributed by atoms with Gasteiger partial charge in [0.25, 0.3) is 0 Å². The number of carbonyl (C=O) groups excluding carboxylic acids is 2. The monoisotopic (exact) mass is 347 g/mol. The highest BCUT2D eigenvalue weighted by atomic mass is 16.6. The molecule has 2 rings (SSSR count). The van der Waals surface area contributed by atoms with E-state index >= 15 is 0 Å². The van der Waals surface area contributed by atoms with E-state index in [1.165, 1.54) is 0 Å². The Morgan fingerprint density at radius 2 is 1.60 bits per heavy atom. The van der Waals surface area contributed by atoms with Crippen LogP contribution in [-0.2, 0) is 4.79 Å². The van der Waals surface area contributed by atoms with Crippen LogP contribution in [0, 0.1) is 0 Å². The van der Waals surface area contributed by atoms with E-state index in [0.29, 0.717) is 38.5 Å². The Hall–Kier alpha value is -2.08. The summed E-state index contributed by atoms with van der Waals surface area (Å²) in [5.41, 5.74) is 0. The molecule has 0 unspecified atom stereocenters. The average molecular weight is 347 g/mol. The molecular formula is C19H29N3O3. The van der Waals surface area contributed by atoms with E-state index in [4.69, 9.17) is 4.74 Å². The summed E-state index contributed by atoms with van der Waals surface area (Å²) in [7, 11) is 0. The number of piperazine rings is 1. The number of hydrogen-bond acceptors (Lipinski definition) is 4. The van der Waals surface area contributed by atoms with Crippen molar-refractivity contribution in [3.05, 3.63) is 30.3 Å². The van der Waals surface area contributed by atoms with Crippen molar-refractivity contribution in [1.29, 1.82) is 0 Å². The van der Waals surface area contributed by atoms with Gasteiger partial charge in [-0.1, -0.05) is 32.0 Å². The topological polar surface area (TPSA) is 53.1 Å². The summed E-state index contributed by atoms with van der Waals surface area (Å²) in [6.07, 6.45) is 1.63. The van der Waals surface area contributed by atoms with Gasteiger partial charge in [-0.2, -0.15) is 0 Å². The zero-order valence-corrected chi connectivity index (χ0v) is 15.3. The van der Waals surface area contributed by atoms with Crippen LogP contribution in [0.25, 0.3) is 0 Å². The van der Waals surface area contributed by atoms with Gasteiger partial charge in [0, 0.05) is 39.3 Å². The van der Waals surface area contributed by atoms with Gasteiger partial charge >= 0.3 is 6.09 Å². The molecule has 0 bridgehead atoms. The number of hydrogen-bond donors (Lipinski definition) is 0. The predicted octanol–water partition coefficient (Wildman–Crippen LogP) is 2.45. The van der Waals surface area contributed by atoms with E-state index in [9.17, 15) is 9.59 Å². The third-order valence-corrected chi connectivity index (χ3v) is 4.28. The Labute approximate surface area is 150 Å². The first kappa shape index (κ1) is 19.2. The second-order valence-corrected chi connectivity index (χ2v) is 6.33. The normalized spacial score (nSPS) is 15.0. The molecule has 0 atom stereocenters. The van der Waals surface area contributed by atoms with Gasteiger partial charge in [0.1, 0.15) is 5.75 Å². The molecule has 1 aliphatic heterocycles. The fourth-order valence-electron chi connectivity index (χ4n) is 2.93. The highest BCUT2D eigenvalue weighted by molar-refractivity contribution is 5.78. The summed E-state index contributed by atoms with van der Waals surface area (Å²) in [6, 6.07) is 9.09. The first-order valence-corrected chi connectivity index (χ1v) is 9.16. The van der Waals surface area contributed by atoms with E-state index in [2.05, 4.69) is 18.7 Å². The molecule has 6 nitrogen and oxygen atoms in total. The van der Waals surface area contributed by atoms with Gasteiger partial charge in [-0.15, -0.1) is 0 Å². The van der Waals surface area contributed by atoms with E-state index in [0.717, 1.165) is 25.9 Å². The first-order valence-electron chi connectivity index (χ1n) is 9.16. The number of nitrogens with zero attached hydrogens (tertiary/aromatic N) is 3. The molecule has 2 amide bonds. The van der Waals surface area contributed by atoms with Crippen molar-refractivity contribution in [2.45, 2.75) is 26.7 Å². The maximum Gasteiger partial charge on any atom is 0.415 e. The van der Waals surface area contributed by atoms with Crippen molar-refractivity contribution < 1.29 is 14.3 Å². The summed E-state index contributed by atoms with van der Waals surface area (Å²) in [4.78, 5) is 30.4. The van der Waals surface area contributed by atoms with Crippen molar-refractivity contribution in [1.82, 2.24) is 14.7 Å². The van der Waals surface area contributed by atoms with Gasteiger partial charge in [0.2, 0.25) is 5.91 Å². The van der Waals surface area contributed by atoms with E-state index in [1.54, 1.807) is 17.0 Å². The van der Waals surface area contributed by atoms with Crippen LogP contribution in [0.1, 0.15) is 26.7 Å². The third kappa shape index (κ3) is 6.05. The molecular weight excluding hydrogens is 318 g/mol. The van der Waals surface area contributed by atoms with E-state index in [1.807, 2.05) is 23.1 Å². The highest BCUT2D eigenvalue weighted by Gasteiger charge is 2.24. The van der Waals surface area contributed by atoms with Crippen LogP contribution in [-0.4, -0.2) is 72.5 Å². The Bertz CT molecular complexity index is 536. The molecule has 1 saturated heterocycles. The standard InChI is InChI=1S/C19H29N3O3/c1-3-10-21(11-4-2)18(23)16-20-12-14-22(15-13-20)19(24)25-17-8-6-5-7-9-17/h5-9H,3-4,10-16H2,1-2H3. The van der Waals surface area contributed by atoms with Crippen LogP contribution in [0.5, 0.6) is 5.75 Å². The lowest BCUT2D eigenvalue weighted by Crippen LogP contribution is -2.52. The van der Waals surface area contributed by atoms with Gasteiger partial charge in [-0.25, -0.2) is 4.79 Å². The van der Waals surface area contributed by atoms with Crippen molar-refractivity contribution in [2.75, 3.05) is 45.8 Å². The maximum absolute atomic E-state index is 12.4. The minimum Gasteiger partial charge on any atom is -0.410 e. The van der Waals surface area contributed by atoms with Crippen LogP contribution in [0.3, 0.4) is 0 Å². The van der Waals surface area contributed by atoms with Gasteiger partial charge in [0.15, 0.2) is 0 Å². The van der Waals surface area contributed by atoms with Crippen LogP contribution in [0.2, 0.25) is 0 Å². The van der Waals surface area contributed by atoms with Gasteiger partial charge in [-0.05, 0) is 25.0 Å².